The Labute approximate surface area is 182 Å². The highest BCUT2D eigenvalue weighted by molar-refractivity contribution is 5.63. The molecule has 3 heterocycles. The SMILES string of the molecule is Cc1ccc(C)c(-n2cc(C[NH2+]Cc3c[n+]4ccccc4[nH]3)c(-c3ccccc3)n2)c1. The van der Waals surface area contributed by atoms with Gasteiger partial charge in [-0.1, -0.05) is 48.5 Å². The number of nitrogens with two attached hydrogens (primary N) is 1. The van der Waals surface area contributed by atoms with Crippen molar-refractivity contribution in [3.8, 4) is 16.9 Å². The van der Waals surface area contributed by atoms with Crippen molar-refractivity contribution in [2.24, 2.45) is 0 Å². The second-order valence-corrected chi connectivity index (χ2v) is 8.07. The van der Waals surface area contributed by atoms with E-state index in [1.807, 2.05) is 22.9 Å². The Hall–Kier alpha value is -3.70. The molecule has 0 amide bonds. The summed E-state index contributed by atoms with van der Waals surface area (Å²) in [6, 6.07) is 23.1. The quantitative estimate of drug-likeness (QED) is 0.415. The molecule has 154 valence electrons. The third-order valence-electron chi connectivity index (χ3n) is 5.65. The minimum absolute atomic E-state index is 0.856. The number of aromatic amines is 1. The second kappa shape index (κ2) is 8.20. The lowest BCUT2D eigenvalue weighted by Gasteiger charge is -2.06. The van der Waals surface area contributed by atoms with Gasteiger partial charge in [-0.3, -0.25) is 0 Å². The fourth-order valence-corrected chi connectivity index (χ4v) is 4.01. The number of imidazole rings is 1. The molecule has 0 fully saturated rings. The Balaban J connectivity index is 1.43. The molecule has 31 heavy (non-hydrogen) atoms. The largest absolute Gasteiger partial charge is 0.336 e. The lowest BCUT2D eigenvalue weighted by atomic mass is 10.1. The van der Waals surface area contributed by atoms with Crippen LogP contribution in [0.3, 0.4) is 0 Å². The number of H-pyrrole nitrogens is 1. The molecule has 2 aromatic carbocycles. The monoisotopic (exact) mass is 409 g/mol. The van der Waals surface area contributed by atoms with Crippen molar-refractivity contribution >= 4 is 5.65 Å². The Morgan fingerprint density at radius 3 is 2.65 bits per heavy atom. The van der Waals surface area contributed by atoms with Crippen molar-refractivity contribution < 1.29 is 9.72 Å². The van der Waals surface area contributed by atoms with Crippen LogP contribution in [0.2, 0.25) is 0 Å². The van der Waals surface area contributed by atoms with Gasteiger partial charge in [0.25, 0.3) is 5.65 Å². The van der Waals surface area contributed by atoms with E-state index >= 15 is 0 Å². The van der Waals surface area contributed by atoms with Gasteiger partial charge in [-0.2, -0.15) is 5.10 Å². The van der Waals surface area contributed by atoms with Gasteiger partial charge in [0, 0.05) is 17.8 Å². The van der Waals surface area contributed by atoms with Gasteiger partial charge < -0.3 is 5.32 Å². The Morgan fingerprint density at radius 1 is 0.968 bits per heavy atom. The van der Waals surface area contributed by atoms with Gasteiger partial charge in [-0.05, 0) is 37.1 Å². The highest BCUT2D eigenvalue weighted by Crippen LogP contribution is 2.24. The van der Waals surface area contributed by atoms with Gasteiger partial charge >= 0.3 is 0 Å². The van der Waals surface area contributed by atoms with Gasteiger partial charge in [0.2, 0.25) is 0 Å². The third kappa shape index (κ3) is 4.00. The normalized spacial score (nSPS) is 11.3. The van der Waals surface area contributed by atoms with Gasteiger partial charge in [0.1, 0.15) is 25.0 Å². The summed E-state index contributed by atoms with van der Waals surface area (Å²) in [4.78, 5) is 3.48. The maximum absolute atomic E-state index is 5.00. The fraction of sp³-hybridized carbons (Fsp3) is 0.154. The van der Waals surface area contributed by atoms with Crippen LogP contribution in [0.5, 0.6) is 0 Å². The van der Waals surface area contributed by atoms with Crippen molar-refractivity contribution in [2.45, 2.75) is 26.9 Å². The number of nitrogens with zero attached hydrogens (tertiary/aromatic N) is 3. The zero-order valence-electron chi connectivity index (χ0n) is 17.9. The predicted molar refractivity (Wildman–Crippen MR) is 122 cm³/mol. The van der Waals surface area contributed by atoms with Crippen LogP contribution in [0, 0.1) is 13.8 Å². The number of nitrogens with one attached hydrogen (secondary N) is 1. The van der Waals surface area contributed by atoms with Gasteiger partial charge in [0.05, 0.1) is 17.4 Å². The molecule has 0 aliphatic heterocycles. The molecule has 5 aromatic rings. The van der Waals surface area contributed by atoms with E-state index in [0.29, 0.717) is 0 Å². The van der Waals surface area contributed by atoms with Gasteiger partial charge in [-0.15, -0.1) is 0 Å². The molecular weight excluding hydrogens is 382 g/mol. The molecule has 0 radical (unpaired) electrons. The van der Waals surface area contributed by atoms with Crippen molar-refractivity contribution in [3.05, 3.63) is 108 Å². The van der Waals surface area contributed by atoms with E-state index in [1.165, 1.54) is 22.4 Å². The maximum Gasteiger partial charge on any atom is 0.284 e. The molecule has 0 unspecified atom stereocenters. The molecular formula is C26H27N5+2. The first-order valence-corrected chi connectivity index (χ1v) is 10.7. The third-order valence-corrected chi connectivity index (χ3v) is 5.65. The number of pyridine rings is 1. The predicted octanol–water partition coefficient (Wildman–Crippen LogP) is 3.49. The number of hydrogen-bond donors (Lipinski definition) is 2. The van der Waals surface area contributed by atoms with Crippen molar-refractivity contribution in [1.82, 2.24) is 14.8 Å². The van der Waals surface area contributed by atoms with Crippen LogP contribution in [0.4, 0.5) is 0 Å². The molecule has 5 nitrogen and oxygen atoms in total. The van der Waals surface area contributed by atoms with E-state index in [0.717, 1.165) is 35.7 Å². The van der Waals surface area contributed by atoms with E-state index in [-0.39, 0.29) is 0 Å². The zero-order chi connectivity index (χ0) is 21.2. The number of aryl methyl sites for hydroxylation is 2. The molecule has 0 saturated heterocycles. The maximum atomic E-state index is 5.00. The minimum atomic E-state index is 0.856. The van der Waals surface area contributed by atoms with Crippen LogP contribution in [0.15, 0.2) is 85.3 Å². The Kier molecular flexibility index (Phi) is 5.10. The van der Waals surface area contributed by atoms with E-state index in [9.17, 15) is 0 Å². The highest BCUT2D eigenvalue weighted by Gasteiger charge is 2.16. The van der Waals surface area contributed by atoms with Crippen LogP contribution >= 0.6 is 0 Å². The first-order valence-electron chi connectivity index (χ1n) is 10.7. The van der Waals surface area contributed by atoms with Crippen molar-refractivity contribution in [2.75, 3.05) is 0 Å². The first-order chi connectivity index (χ1) is 15.2. The zero-order valence-corrected chi connectivity index (χ0v) is 17.9. The molecule has 0 saturated carbocycles. The van der Waals surface area contributed by atoms with Crippen LogP contribution in [-0.4, -0.2) is 14.8 Å². The summed E-state index contributed by atoms with van der Waals surface area (Å²) in [6.45, 7) is 6.00. The van der Waals surface area contributed by atoms with Crippen LogP contribution in [-0.2, 0) is 13.1 Å². The van der Waals surface area contributed by atoms with E-state index in [2.05, 4.69) is 95.7 Å². The van der Waals surface area contributed by atoms with Crippen LogP contribution < -0.4 is 9.72 Å². The molecule has 3 aromatic heterocycles. The topological polar surface area (TPSA) is 54.3 Å². The molecule has 5 heteroatoms. The summed E-state index contributed by atoms with van der Waals surface area (Å²) in [5.74, 6) is 0. The highest BCUT2D eigenvalue weighted by atomic mass is 15.3. The standard InChI is InChI=1S/C26H25N5/c1-19-11-12-20(2)24(14-19)31-17-22(26(29-31)21-8-4-3-5-9-21)15-27-16-23-18-30-13-7-6-10-25(30)28-23/h3-14,17-18,27H,15-16H2,1-2H3/p+2. The number of quaternary nitrogens is 1. The molecule has 0 atom stereocenters. The summed E-state index contributed by atoms with van der Waals surface area (Å²) in [6.07, 6.45) is 6.40. The Morgan fingerprint density at radius 2 is 1.81 bits per heavy atom. The lowest BCUT2D eigenvalue weighted by molar-refractivity contribution is -0.687. The average molecular weight is 410 g/mol. The average Bonchev–Trinajstić information content (AvgIpc) is 3.40. The van der Waals surface area contributed by atoms with Gasteiger partial charge in [-0.25, -0.2) is 14.1 Å². The number of aromatic nitrogens is 4. The second-order valence-electron chi connectivity index (χ2n) is 8.07. The minimum Gasteiger partial charge on any atom is -0.336 e. The molecule has 3 N–H and O–H groups in total. The first kappa shape index (κ1) is 19.3. The number of hydrogen-bond acceptors (Lipinski definition) is 1. The molecule has 5 rings (SSSR count). The number of rotatable bonds is 6. The summed E-state index contributed by atoms with van der Waals surface area (Å²) in [7, 11) is 0. The lowest BCUT2D eigenvalue weighted by Crippen LogP contribution is -2.80. The molecule has 0 bridgehead atoms. The van der Waals surface area contributed by atoms with Crippen LogP contribution in [0.25, 0.3) is 22.6 Å². The summed E-state index contributed by atoms with van der Waals surface area (Å²) in [5.41, 5.74) is 9.33. The molecule has 0 aliphatic carbocycles. The van der Waals surface area contributed by atoms with Crippen molar-refractivity contribution in [1.29, 1.82) is 0 Å². The smallest absolute Gasteiger partial charge is 0.284 e. The number of fused-ring (bicyclic) bond motifs is 1. The molecule has 0 aliphatic rings. The summed E-state index contributed by atoms with van der Waals surface area (Å²) < 4.78 is 4.16. The number of benzene rings is 2. The van der Waals surface area contributed by atoms with E-state index in [1.54, 1.807) is 0 Å². The summed E-state index contributed by atoms with van der Waals surface area (Å²) >= 11 is 0. The summed E-state index contributed by atoms with van der Waals surface area (Å²) in [5, 5.41) is 7.32. The van der Waals surface area contributed by atoms with E-state index < -0.39 is 0 Å². The Bertz CT molecular complexity index is 1300. The van der Waals surface area contributed by atoms with Crippen molar-refractivity contribution in [3.63, 3.8) is 0 Å². The fourth-order valence-electron chi connectivity index (χ4n) is 4.01. The molecule has 0 spiro atoms. The van der Waals surface area contributed by atoms with Crippen LogP contribution in [0.1, 0.15) is 22.4 Å². The van der Waals surface area contributed by atoms with E-state index in [4.69, 9.17) is 5.10 Å². The van der Waals surface area contributed by atoms with Gasteiger partial charge in [0.15, 0.2) is 5.69 Å².